The third-order valence-corrected chi connectivity index (χ3v) is 14.7. The minimum absolute atomic E-state index is 0.905. The van der Waals surface area contributed by atoms with Crippen molar-refractivity contribution in [2.45, 2.75) is 47.5 Å². The first-order valence-electron chi connectivity index (χ1n) is 24.3. The molecule has 0 bridgehead atoms. The van der Waals surface area contributed by atoms with E-state index in [4.69, 9.17) is 0 Å². The first kappa shape index (κ1) is 41.4. The van der Waals surface area contributed by atoms with Crippen molar-refractivity contribution in [2.24, 2.45) is 0 Å². The molecule has 0 aliphatic rings. The smallest absolute Gasteiger partial charge is 0.0494 e. The number of fused-ring (bicyclic) bond motifs is 6. The Labute approximate surface area is 399 Å². The van der Waals surface area contributed by atoms with Crippen molar-refractivity contribution in [3.8, 4) is 33.4 Å². The van der Waals surface area contributed by atoms with Crippen LogP contribution in [0.15, 0.2) is 206 Å². The Balaban J connectivity index is 1.05. The highest BCUT2D eigenvalue weighted by molar-refractivity contribution is 6.08. The van der Waals surface area contributed by atoms with E-state index in [1.54, 1.807) is 0 Å². The first-order valence-corrected chi connectivity index (χ1v) is 24.3. The van der Waals surface area contributed by atoms with Gasteiger partial charge in [-0.3, -0.25) is 0 Å². The molecule has 0 aliphatic carbocycles. The summed E-state index contributed by atoms with van der Waals surface area (Å²) in [7, 11) is 0. The van der Waals surface area contributed by atoms with Crippen LogP contribution in [0.5, 0.6) is 0 Å². The molecule has 0 fully saturated rings. The summed E-state index contributed by atoms with van der Waals surface area (Å²) in [4.78, 5) is 2.57. The van der Waals surface area contributed by atoms with Crippen molar-refractivity contribution in [3.63, 3.8) is 0 Å². The number of hydrogen-bond donors (Lipinski definition) is 0. The number of benzene rings is 12. The van der Waals surface area contributed by atoms with E-state index in [0.717, 1.165) is 12.8 Å². The lowest BCUT2D eigenvalue weighted by atomic mass is 9.89. The molecule has 1 heteroatoms. The SMILES string of the molecule is CCc1cc(N(c2ccc(-c3cccc4cc5ccccc5cc34)cc2C)c2cc(CC)c(-c3cccc4cc5ccccc5cc34)cc2C)c(C)cc1-c1cccc2cc3ccccc3cc12. The fraction of sp³-hybridized carbons (Fsp3) is 0.104. The van der Waals surface area contributed by atoms with Gasteiger partial charge in [-0.25, -0.2) is 0 Å². The molecule has 12 rings (SSSR count). The first-order chi connectivity index (χ1) is 33.3. The molecular weight excluding hydrogens is 819 g/mol. The molecule has 0 aromatic heterocycles. The van der Waals surface area contributed by atoms with Gasteiger partial charge in [-0.1, -0.05) is 147 Å². The van der Waals surface area contributed by atoms with Gasteiger partial charge < -0.3 is 4.90 Å². The number of anilines is 3. The van der Waals surface area contributed by atoms with Gasteiger partial charge >= 0.3 is 0 Å². The van der Waals surface area contributed by atoms with Gasteiger partial charge in [0, 0.05) is 17.1 Å². The Kier molecular flexibility index (Phi) is 10.2. The molecule has 0 aliphatic heterocycles. The molecule has 68 heavy (non-hydrogen) atoms. The van der Waals surface area contributed by atoms with Crippen LogP contribution in [0.2, 0.25) is 0 Å². The van der Waals surface area contributed by atoms with E-state index >= 15 is 0 Å². The average molecular weight is 872 g/mol. The molecule has 326 valence electrons. The van der Waals surface area contributed by atoms with Crippen molar-refractivity contribution >= 4 is 81.7 Å². The quantitative estimate of drug-likeness (QED) is 0.138. The Morgan fingerprint density at radius 3 is 1.03 bits per heavy atom. The van der Waals surface area contributed by atoms with Crippen LogP contribution in [0.4, 0.5) is 17.1 Å². The Morgan fingerprint density at radius 2 is 0.632 bits per heavy atom. The highest BCUT2D eigenvalue weighted by Gasteiger charge is 2.24. The maximum Gasteiger partial charge on any atom is 0.0494 e. The molecule has 1 nitrogen and oxygen atoms in total. The minimum atomic E-state index is 0.905. The lowest BCUT2D eigenvalue weighted by Gasteiger charge is -2.32. The molecule has 0 heterocycles. The van der Waals surface area contributed by atoms with Crippen molar-refractivity contribution < 1.29 is 0 Å². The highest BCUT2D eigenvalue weighted by Crippen LogP contribution is 2.47. The Morgan fingerprint density at radius 1 is 0.279 bits per heavy atom. The maximum atomic E-state index is 2.57. The number of aryl methyl sites for hydroxylation is 5. The van der Waals surface area contributed by atoms with Crippen LogP contribution in [0.1, 0.15) is 41.7 Å². The summed E-state index contributed by atoms with van der Waals surface area (Å²) in [6, 6.07) is 77.6. The highest BCUT2D eigenvalue weighted by atomic mass is 15.1. The van der Waals surface area contributed by atoms with Gasteiger partial charge in [0.25, 0.3) is 0 Å². The summed E-state index contributed by atoms with van der Waals surface area (Å²) in [5.74, 6) is 0. The van der Waals surface area contributed by atoms with Gasteiger partial charge in [0.2, 0.25) is 0 Å². The topological polar surface area (TPSA) is 3.24 Å². The summed E-state index contributed by atoms with van der Waals surface area (Å²) in [5.41, 5.74) is 17.6. The Hall–Kier alpha value is -8.00. The summed E-state index contributed by atoms with van der Waals surface area (Å²) in [6.45, 7) is 11.5. The molecule has 12 aromatic carbocycles. The van der Waals surface area contributed by atoms with Gasteiger partial charge in [-0.15, -0.1) is 0 Å². The molecular formula is C67H53N. The Bertz CT molecular complexity index is 3810. The lowest BCUT2D eigenvalue weighted by molar-refractivity contribution is 1.11. The molecule has 0 atom stereocenters. The zero-order valence-corrected chi connectivity index (χ0v) is 39.5. The molecule has 0 radical (unpaired) electrons. The molecule has 12 aromatic rings. The zero-order valence-electron chi connectivity index (χ0n) is 39.5. The monoisotopic (exact) mass is 871 g/mol. The summed E-state index contributed by atoms with van der Waals surface area (Å²) in [5, 5.41) is 15.3. The van der Waals surface area contributed by atoms with Gasteiger partial charge in [0.05, 0.1) is 0 Å². The summed E-state index contributed by atoms with van der Waals surface area (Å²) < 4.78 is 0. The van der Waals surface area contributed by atoms with Crippen LogP contribution in [-0.4, -0.2) is 0 Å². The predicted octanol–water partition coefficient (Wildman–Crippen LogP) is 19.1. The normalized spacial score (nSPS) is 11.7. The maximum absolute atomic E-state index is 2.57. The van der Waals surface area contributed by atoms with Crippen LogP contribution in [0.25, 0.3) is 98.0 Å². The second-order valence-electron chi connectivity index (χ2n) is 18.8. The minimum Gasteiger partial charge on any atom is -0.310 e. The van der Waals surface area contributed by atoms with Crippen molar-refractivity contribution in [1.29, 1.82) is 0 Å². The van der Waals surface area contributed by atoms with E-state index in [-0.39, 0.29) is 0 Å². The van der Waals surface area contributed by atoms with Crippen LogP contribution in [0.3, 0.4) is 0 Å². The summed E-state index contributed by atoms with van der Waals surface area (Å²) in [6.07, 6.45) is 1.81. The third kappa shape index (κ3) is 7.01. The van der Waals surface area contributed by atoms with E-state index in [0.29, 0.717) is 0 Å². The number of rotatable bonds is 8. The standard InChI is InChI=1S/C67H53N/c1-6-45-40-66(43(4)32-60(45)58-27-15-24-54-35-48-18-9-12-21-51(48)38-63(54)58)68(65-30-29-56(31-42(65)3)57-26-14-23-53-34-47-17-8-11-20-50(47)37-62(53)57)67-41-46(7-2)61(33-44(67)5)59-28-16-25-55-36-49-19-10-13-22-52(49)39-64(55)59/h8-41H,6-7H2,1-5H3. The molecule has 0 saturated heterocycles. The predicted molar refractivity (Wildman–Crippen MR) is 295 cm³/mol. The summed E-state index contributed by atoms with van der Waals surface area (Å²) >= 11 is 0. The molecule has 0 unspecified atom stereocenters. The van der Waals surface area contributed by atoms with Crippen molar-refractivity contribution in [2.75, 3.05) is 4.90 Å². The van der Waals surface area contributed by atoms with Gasteiger partial charge in [-0.2, -0.15) is 0 Å². The van der Waals surface area contributed by atoms with Crippen LogP contribution in [0, 0.1) is 20.8 Å². The number of hydrogen-bond acceptors (Lipinski definition) is 1. The second-order valence-corrected chi connectivity index (χ2v) is 18.8. The second kappa shape index (κ2) is 16.7. The van der Waals surface area contributed by atoms with E-state index in [1.807, 2.05) is 0 Å². The third-order valence-electron chi connectivity index (χ3n) is 14.7. The molecule has 0 saturated carbocycles. The zero-order chi connectivity index (χ0) is 46.0. The van der Waals surface area contributed by atoms with Crippen molar-refractivity contribution in [1.82, 2.24) is 0 Å². The van der Waals surface area contributed by atoms with E-state index < -0.39 is 0 Å². The molecule has 0 spiro atoms. The van der Waals surface area contributed by atoms with E-state index in [1.165, 1.54) is 143 Å². The van der Waals surface area contributed by atoms with Gasteiger partial charge in [-0.05, 0) is 232 Å². The largest absolute Gasteiger partial charge is 0.310 e. The van der Waals surface area contributed by atoms with E-state index in [9.17, 15) is 0 Å². The fourth-order valence-electron chi connectivity index (χ4n) is 11.1. The average Bonchev–Trinajstić information content (AvgIpc) is 3.37. The van der Waals surface area contributed by atoms with Gasteiger partial charge in [0.15, 0.2) is 0 Å². The van der Waals surface area contributed by atoms with Crippen LogP contribution >= 0.6 is 0 Å². The molecule has 0 amide bonds. The molecule has 0 N–H and O–H groups in total. The van der Waals surface area contributed by atoms with Crippen LogP contribution < -0.4 is 4.90 Å². The fourth-order valence-corrected chi connectivity index (χ4v) is 11.1. The van der Waals surface area contributed by atoms with Gasteiger partial charge in [0.1, 0.15) is 0 Å². The van der Waals surface area contributed by atoms with Crippen LogP contribution in [-0.2, 0) is 12.8 Å². The van der Waals surface area contributed by atoms with Crippen molar-refractivity contribution in [3.05, 3.63) is 234 Å². The lowest BCUT2D eigenvalue weighted by Crippen LogP contribution is -2.15. The van der Waals surface area contributed by atoms with E-state index in [2.05, 4.69) is 246 Å². The number of nitrogens with zero attached hydrogens (tertiary/aromatic N) is 1.